The fourth-order valence-electron chi connectivity index (χ4n) is 2.93. The van der Waals surface area contributed by atoms with Crippen LogP contribution in [0.3, 0.4) is 0 Å². The van der Waals surface area contributed by atoms with Gasteiger partial charge in [-0.3, -0.25) is 4.79 Å². The van der Waals surface area contributed by atoms with Gasteiger partial charge in [-0.15, -0.1) is 0 Å². The van der Waals surface area contributed by atoms with Gasteiger partial charge in [0.15, 0.2) is 0 Å². The number of hydrogen-bond acceptors (Lipinski definition) is 3. The molecule has 1 N–H and O–H groups in total. The van der Waals surface area contributed by atoms with Crippen molar-refractivity contribution in [3.63, 3.8) is 0 Å². The first kappa shape index (κ1) is 16.5. The Morgan fingerprint density at radius 3 is 2.95 bits per heavy atom. The Bertz CT molecular complexity index is 530. The highest BCUT2D eigenvalue weighted by Gasteiger charge is 2.37. The second kappa shape index (κ2) is 7.43. The van der Waals surface area contributed by atoms with Gasteiger partial charge in [-0.25, -0.2) is 4.79 Å². The van der Waals surface area contributed by atoms with Crippen molar-refractivity contribution in [1.29, 1.82) is 0 Å². The third-order valence-electron chi connectivity index (χ3n) is 4.28. The van der Waals surface area contributed by atoms with Crippen molar-refractivity contribution in [1.82, 2.24) is 5.32 Å². The average Bonchev–Trinajstić information content (AvgIpc) is 2.75. The fraction of sp³-hybridized carbons (Fsp3) is 0.556. The minimum absolute atomic E-state index is 0.0106. The maximum atomic E-state index is 12.2. The van der Waals surface area contributed by atoms with Gasteiger partial charge in [-0.1, -0.05) is 25.2 Å². The summed E-state index contributed by atoms with van der Waals surface area (Å²) in [6.07, 6.45) is 7.84. The van der Waals surface area contributed by atoms with Gasteiger partial charge >= 0.3 is 5.97 Å². The van der Waals surface area contributed by atoms with Crippen molar-refractivity contribution in [2.45, 2.75) is 52.1 Å². The molecule has 120 valence electrons. The molecule has 0 aromatic heterocycles. The number of carbonyl (C=O) groups excluding carboxylic acids is 2. The quantitative estimate of drug-likeness (QED) is 0.495. The summed E-state index contributed by atoms with van der Waals surface area (Å²) in [5.74, 6) is -0.321. The fourth-order valence-corrected chi connectivity index (χ4v) is 2.93. The van der Waals surface area contributed by atoms with Crippen molar-refractivity contribution in [3.8, 4) is 0 Å². The van der Waals surface area contributed by atoms with E-state index in [1.54, 1.807) is 0 Å². The zero-order valence-electron chi connectivity index (χ0n) is 13.5. The largest absolute Gasteiger partial charge is 0.454 e. The minimum Gasteiger partial charge on any atom is -0.454 e. The first-order valence-corrected chi connectivity index (χ1v) is 8.07. The molecule has 0 bridgehead atoms. The highest BCUT2D eigenvalue weighted by atomic mass is 16.5. The Labute approximate surface area is 132 Å². The monoisotopic (exact) mass is 303 g/mol. The molecule has 1 heterocycles. The molecule has 0 aromatic carbocycles. The summed E-state index contributed by atoms with van der Waals surface area (Å²) in [7, 11) is 0. The van der Waals surface area contributed by atoms with E-state index >= 15 is 0 Å². The summed E-state index contributed by atoms with van der Waals surface area (Å²) >= 11 is 0. The van der Waals surface area contributed by atoms with E-state index in [1.807, 2.05) is 26.0 Å². The van der Waals surface area contributed by atoms with Crippen LogP contribution in [0.5, 0.6) is 0 Å². The van der Waals surface area contributed by atoms with Crippen molar-refractivity contribution in [2.75, 3.05) is 6.54 Å². The number of nitrogens with one attached hydrogen (secondary N) is 1. The summed E-state index contributed by atoms with van der Waals surface area (Å²) in [5.41, 5.74) is 2.53. The van der Waals surface area contributed by atoms with Crippen LogP contribution in [0.2, 0.25) is 0 Å². The molecule has 1 amide bonds. The number of esters is 1. The lowest BCUT2D eigenvalue weighted by molar-refractivity contribution is -0.137. The van der Waals surface area contributed by atoms with Crippen LogP contribution in [0.1, 0.15) is 46.0 Å². The maximum Gasteiger partial charge on any atom is 0.334 e. The van der Waals surface area contributed by atoms with Gasteiger partial charge in [0.1, 0.15) is 6.10 Å². The molecular formula is C18H25NO3. The van der Waals surface area contributed by atoms with E-state index < -0.39 is 0 Å². The topological polar surface area (TPSA) is 55.4 Å². The van der Waals surface area contributed by atoms with Gasteiger partial charge in [0, 0.05) is 23.6 Å². The van der Waals surface area contributed by atoms with Crippen LogP contribution in [0.25, 0.3) is 0 Å². The lowest BCUT2D eigenvalue weighted by Gasteiger charge is -2.18. The average molecular weight is 303 g/mol. The number of allylic oxidation sites excluding steroid dienone is 2. The molecule has 2 rings (SSSR count). The van der Waals surface area contributed by atoms with Gasteiger partial charge in [0.05, 0.1) is 0 Å². The third kappa shape index (κ3) is 3.87. The lowest BCUT2D eigenvalue weighted by atomic mass is 9.87. The van der Waals surface area contributed by atoms with Crippen molar-refractivity contribution in [2.24, 2.45) is 5.92 Å². The summed E-state index contributed by atoms with van der Waals surface area (Å²) < 4.78 is 5.41. The van der Waals surface area contributed by atoms with E-state index in [1.165, 1.54) is 5.57 Å². The predicted molar refractivity (Wildman–Crippen MR) is 86.1 cm³/mol. The van der Waals surface area contributed by atoms with Crippen LogP contribution >= 0.6 is 0 Å². The molecule has 0 spiro atoms. The van der Waals surface area contributed by atoms with E-state index in [9.17, 15) is 9.59 Å². The Kier molecular flexibility index (Phi) is 5.58. The molecule has 1 saturated heterocycles. The van der Waals surface area contributed by atoms with Crippen LogP contribution in [-0.4, -0.2) is 24.5 Å². The van der Waals surface area contributed by atoms with Crippen LogP contribution in [0.4, 0.5) is 0 Å². The minimum atomic E-state index is -0.306. The smallest absolute Gasteiger partial charge is 0.334 e. The second-order valence-electron chi connectivity index (χ2n) is 6.08. The van der Waals surface area contributed by atoms with E-state index in [-0.39, 0.29) is 23.9 Å². The normalized spacial score (nSPS) is 30.5. The van der Waals surface area contributed by atoms with Gasteiger partial charge in [0.2, 0.25) is 5.91 Å². The van der Waals surface area contributed by atoms with Crippen molar-refractivity contribution < 1.29 is 14.3 Å². The van der Waals surface area contributed by atoms with Crippen molar-refractivity contribution in [3.05, 3.63) is 35.5 Å². The Balaban J connectivity index is 2.15. The number of ether oxygens (including phenoxy) is 1. The Hall–Kier alpha value is -1.84. The molecule has 22 heavy (non-hydrogen) atoms. The summed E-state index contributed by atoms with van der Waals surface area (Å²) in [5, 5.41) is 2.93. The molecule has 0 unspecified atom stereocenters. The third-order valence-corrected chi connectivity index (χ3v) is 4.28. The van der Waals surface area contributed by atoms with Crippen LogP contribution < -0.4 is 5.32 Å². The molecule has 4 nitrogen and oxygen atoms in total. The number of carbonyl (C=O) groups is 2. The highest BCUT2D eigenvalue weighted by Crippen LogP contribution is 2.34. The summed E-state index contributed by atoms with van der Waals surface area (Å²) in [4.78, 5) is 24.0. The van der Waals surface area contributed by atoms with E-state index in [4.69, 9.17) is 4.74 Å². The molecule has 1 aliphatic carbocycles. The Morgan fingerprint density at radius 1 is 1.45 bits per heavy atom. The van der Waals surface area contributed by atoms with Gasteiger partial charge in [-0.05, 0) is 45.1 Å². The summed E-state index contributed by atoms with van der Waals surface area (Å²) in [6, 6.07) is 0. The zero-order chi connectivity index (χ0) is 16.1. The molecule has 2 atom stereocenters. The first-order valence-electron chi connectivity index (χ1n) is 8.07. The summed E-state index contributed by atoms with van der Waals surface area (Å²) in [6.45, 7) is 8.63. The van der Waals surface area contributed by atoms with Crippen LogP contribution in [0, 0.1) is 5.92 Å². The van der Waals surface area contributed by atoms with E-state index in [0.717, 1.165) is 24.8 Å². The zero-order valence-corrected chi connectivity index (χ0v) is 13.5. The molecule has 0 radical (unpaired) electrons. The molecule has 0 saturated carbocycles. The molecule has 0 aromatic rings. The first-order chi connectivity index (χ1) is 10.5. The molecular weight excluding hydrogens is 278 g/mol. The van der Waals surface area contributed by atoms with E-state index in [2.05, 4.69) is 11.9 Å². The van der Waals surface area contributed by atoms with Gasteiger partial charge < -0.3 is 10.1 Å². The number of rotatable bonds is 3. The van der Waals surface area contributed by atoms with Gasteiger partial charge in [-0.2, -0.15) is 0 Å². The molecule has 4 heteroatoms. The standard InChI is InChI=1S/C18H25NO3/c1-4-10-19-17(20)14-7-5-6-12(2)11-16-15(9-8-14)13(3)18(21)22-16/h7,11,15-16H,3-6,8-10H2,1-2H3,(H,19,20)/b12-11+,14-7-/t15-,16-/m1/s1. The van der Waals surface area contributed by atoms with E-state index in [0.29, 0.717) is 25.0 Å². The molecule has 1 fully saturated rings. The number of hydrogen-bond donors (Lipinski definition) is 1. The SMILES string of the molecule is C=C1C(=O)O[C@@H]2/C=C(\C)CC/C=C(\C(=O)NCCC)CC[C@H]12. The van der Waals surface area contributed by atoms with Crippen LogP contribution in [-0.2, 0) is 14.3 Å². The van der Waals surface area contributed by atoms with Gasteiger partial charge in [0.25, 0.3) is 0 Å². The Morgan fingerprint density at radius 2 is 2.23 bits per heavy atom. The number of amides is 1. The predicted octanol–water partition coefficient (Wildman–Crippen LogP) is 3.06. The maximum absolute atomic E-state index is 12.2. The lowest BCUT2D eigenvalue weighted by Crippen LogP contribution is -2.26. The molecule has 2 aliphatic rings. The second-order valence-corrected chi connectivity index (χ2v) is 6.08. The highest BCUT2D eigenvalue weighted by molar-refractivity contribution is 5.93. The van der Waals surface area contributed by atoms with Crippen LogP contribution in [0.15, 0.2) is 35.5 Å². The molecule has 1 aliphatic heterocycles. The van der Waals surface area contributed by atoms with Crippen molar-refractivity contribution >= 4 is 11.9 Å². The number of fused-ring (bicyclic) bond motifs is 1.